The molecule has 0 amide bonds. The molecule has 0 aliphatic carbocycles. The normalized spacial score (nSPS) is 11.0. The smallest absolute Gasteiger partial charge is 0.876 e. The van der Waals surface area contributed by atoms with Crippen LogP contribution < -0.4 is 20.4 Å². The van der Waals surface area contributed by atoms with Gasteiger partial charge in [0.05, 0.1) is 0 Å². The van der Waals surface area contributed by atoms with Gasteiger partial charge in [-0.3, -0.25) is 19.2 Å². The van der Waals surface area contributed by atoms with E-state index in [2.05, 4.69) is 0 Å². The van der Waals surface area contributed by atoms with E-state index in [1.807, 2.05) is 0 Å². The second kappa shape index (κ2) is 23.4. The van der Waals surface area contributed by atoms with Crippen molar-refractivity contribution in [2.45, 2.75) is 55.4 Å². The Balaban J connectivity index is -0.0000000873. The number of allylic oxidation sites excluding steroid dienone is 8. The Morgan fingerprint density at radius 2 is 0.517 bits per heavy atom. The van der Waals surface area contributed by atoms with E-state index in [9.17, 15) is 39.6 Å². The van der Waals surface area contributed by atoms with Crippen molar-refractivity contribution in [2.75, 3.05) is 0 Å². The van der Waals surface area contributed by atoms with E-state index in [1.54, 1.807) is 0 Å². The van der Waals surface area contributed by atoms with Crippen LogP contribution in [0.4, 0.5) is 0 Å². The van der Waals surface area contributed by atoms with Crippen LogP contribution in [0.5, 0.6) is 0 Å². The molecule has 0 atom stereocenters. The molecule has 0 spiro atoms. The van der Waals surface area contributed by atoms with Crippen LogP contribution in [0.3, 0.4) is 0 Å². The van der Waals surface area contributed by atoms with Crippen LogP contribution >= 0.6 is 0 Å². The number of hydrogen-bond acceptors (Lipinski definition) is 8. The predicted molar refractivity (Wildman–Crippen MR) is 104 cm³/mol. The van der Waals surface area contributed by atoms with Crippen molar-refractivity contribution in [3.63, 3.8) is 0 Å². The maximum atomic E-state index is 9.98. The van der Waals surface area contributed by atoms with Crippen LogP contribution in [0.1, 0.15) is 55.4 Å². The standard InChI is InChI=1S/4C5H8O2.Ge/c4*1-4(6)3-5(2)7;/h4*3,6H,1-2H3;/q;;;;+4/p-4/b4*4-3-;. The van der Waals surface area contributed by atoms with Crippen LogP contribution in [0.25, 0.3) is 0 Å². The molecule has 29 heavy (non-hydrogen) atoms. The first-order valence-corrected chi connectivity index (χ1v) is 7.94. The summed E-state index contributed by atoms with van der Waals surface area (Å²) >= 11 is 0. The number of carbonyl (C=O) groups is 4. The molecule has 8 nitrogen and oxygen atoms in total. The molecule has 0 aromatic heterocycles. The molecule has 0 aliphatic rings. The summed E-state index contributed by atoms with van der Waals surface area (Å²) in [5.74, 6) is -1.50. The molecule has 0 bridgehead atoms. The second-order valence-corrected chi connectivity index (χ2v) is 5.46. The molecule has 0 radical (unpaired) electrons. The van der Waals surface area contributed by atoms with Crippen LogP contribution in [-0.4, -0.2) is 40.7 Å². The number of hydrogen-bond donors (Lipinski definition) is 0. The summed E-state index contributed by atoms with van der Waals surface area (Å²) in [5.41, 5.74) is 0. The van der Waals surface area contributed by atoms with Gasteiger partial charge in [-0.05, 0) is 52.0 Å². The Kier molecular flexibility index (Phi) is 30.0. The van der Waals surface area contributed by atoms with Gasteiger partial charge in [-0.1, -0.05) is 27.7 Å². The van der Waals surface area contributed by atoms with Gasteiger partial charge in [-0.2, -0.15) is 0 Å². The molecule has 0 saturated heterocycles. The Morgan fingerprint density at radius 3 is 0.517 bits per heavy atom. The summed E-state index contributed by atoms with van der Waals surface area (Å²) in [5, 5.41) is 39.9. The quantitative estimate of drug-likeness (QED) is 0.287. The number of carbonyl (C=O) groups excluding carboxylic acids is 4. The van der Waals surface area contributed by atoms with Crippen LogP contribution in [0.2, 0.25) is 0 Å². The van der Waals surface area contributed by atoms with Gasteiger partial charge < -0.3 is 20.4 Å². The van der Waals surface area contributed by atoms with Crippen molar-refractivity contribution in [2.24, 2.45) is 0 Å². The van der Waals surface area contributed by atoms with Gasteiger partial charge in [0.15, 0.2) is 23.1 Å². The molecule has 0 N–H and O–H groups in total. The molecule has 0 aromatic carbocycles. The fourth-order valence-electron chi connectivity index (χ4n) is 1.14. The Morgan fingerprint density at radius 1 is 0.414 bits per heavy atom. The summed E-state index contributed by atoms with van der Waals surface area (Å²) in [6.07, 6.45) is 4.22. The van der Waals surface area contributed by atoms with Crippen molar-refractivity contribution < 1.29 is 39.6 Å². The summed E-state index contributed by atoms with van der Waals surface area (Å²) in [6, 6.07) is 0. The Bertz CT molecular complexity index is 513. The van der Waals surface area contributed by atoms with Crippen molar-refractivity contribution in [3.05, 3.63) is 47.3 Å². The van der Waals surface area contributed by atoms with Crippen LogP contribution in [0, 0.1) is 0 Å². The summed E-state index contributed by atoms with van der Waals surface area (Å²) in [6.45, 7) is 10.8. The summed E-state index contributed by atoms with van der Waals surface area (Å²) in [7, 11) is 0. The zero-order valence-electron chi connectivity index (χ0n) is 18.1. The molecule has 0 rings (SSSR count). The molecule has 0 aromatic rings. The van der Waals surface area contributed by atoms with Crippen LogP contribution in [-0.2, 0) is 19.2 Å². The van der Waals surface area contributed by atoms with E-state index >= 15 is 0 Å². The first-order chi connectivity index (χ1) is 12.5. The third-order valence-corrected chi connectivity index (χ3v) is 1.63. The van der Waals surface area contributed by atoms with Crippen LogP contribution in [0.15, 0.2) is 47.3 Å². The Labute approximate surface area is 183 Å². The monoisotopic (exact) mass is 470 g/mol. The minimum absolute atomic E-state index is 0. The number of rotatable bonds is 4. The first-order valence-electron chi connectivity index (χ1n) is 7.94. The molecular weight excluding hydrogens is 441 g/mol. The minimum Gasteiger partial charge on any atom is -0.876 e. The molecule has 0 aliphatic heterocycles. The average Bonchev–Trinajstić information content (AvgIpc) is 2.32. The van der Waals surface area contributed by atoms with E-state index in [1.165, 1.54) is 55.4 Å². The van der Waals surface area contributed by atoms with Gasteiger partial charge in [0, 0.05) is 0 Å². The van der Waals surface area contributed by atoms with Gasteiger partial charge in [0.1, 0.15) is 0 Å². The fraction of sp³-hybridized carbons (Fsp3) is 0.400. The molecular formula is C20H28GeO8. The van der Waals surface area contributed by atoms with Crippen molar-refractivity contribution >= 4 is 40.7 Å². The zero-order valence-corrected chi connectivity index (χ0v) is 20.2. The van der Waals surface area contributed by atoms with E-state index in [4.69, 9.17) is 0 Å². The first kappa shape index (κ1) is 37.2. The van der Waals surface area contributed by atoms with Crippen molar-refractivity contribution in [3.8, 4) is 0 Å². The van der Waals surface area contributed by atoms with Gasteiger partial charge >= 0.3 is 17.6 Å². The average molecular weight is 469 g/mol. The van der Waals surface area contributed by atoms with Gasteiger partial charge in [-0.25, -0.2) is 0 Å². The molecule has 9 heteroatoms. The predicted octanol–water partition coefficient (Wildman–Crippen LogP) is -1.02. The fourth-order valence-corrected chi connectivity index (χ4v) is 1.14. The molecule has 160 valence electrons. The number of ketones is 4. The van der Waals surface area contributed by atoms with E-state index in [0.29, 0.717) is 0 Å². The van der Waals surface area contributed by atoms with Crippen molar-refractivity contribution in [1.29, 1.82) is 0 Å². The van der Waals surface area contributed by atoms with Gasteiger partial charge in [0.2, 0.25) is 0 Å². The third kappa shape index (κ3) is 77.5. The largest absolute Gasteiger partial charge is 4.00 e. The van der Waals surface area contributed by atoms with Gasteiger partial charge in [0.25, 0.3) is 0 Å². The van der Waals surface area contributed by atoms with Crippen molar-refractivity contribution in [1.82, 2.24) is 0 Å². The van der Waals surface area contributed by atoms with E-state index < -0.39 is 0 Å². The molecule has 0 unspecified atom stereocenters. The Hall–Kier alpha value is -2.62. The summed E-state index contributed by atoms with van der Waals surface area (Å²) in [4.78, 5) is 39.9. The summed E-state index contributed by atoms with van der Waals surface area (Å²) < 4.78 is 0. The second-order valence-electron chi connectivity index (χ2n) is 5.46. The maximum Gasteiger partial charge on any atom is 4.00 e. The molecule has 0 heterocycles. The van der Waals surface area contributed by atoms with E-state index in [0.717, 1.165) is 24.3 Å². The molecule has 0 fully saturated rings. The zero-order chi connectivity index (χ0) is 23.4. The minimum atomic E-state index is -0.187. The third-order valence-electron chi connectivity index (χ3n) is 1.63. The molecule has 0 saturated carbocycles. The van der Waals surface area contributed by atoms with Gasteiger partial charge in [-0.15, -0.1) is 23.0 Å². The maximum absolute atomic E-state index is 9.98. The topological polar surface area (TPSA) is 161 Å². The van der Waals surface area contributed by atoms with E-state index in [-0.39, 0.29) is 63.8 Å². The SMILES string of the molecule is CC(=O)/C=C(/C)[O-].CC(=O)/C=C(/C)[O-].CC(=O)/C=C(/C)[O-].CC(=O)/C=C(/C)[O-].[Ge+4].